The van der Waals surface area contributed by atoms with Gasteiger partial charge in [0.1, 0.15) is 18.2 Å². The van der Waals surface area contributed by atoms with Gasteiger partial charge in [0, 0.05) is 5.56 Å². The third-order valence-electron chi connectivity index (χ3n) is 5.81. The van der Waals surface area contributed by atoms with Gasteiger partial charge in [0.05, 0.1) is 20.6 Å². The molecule has 1 atom stereocenters. The van der Waals surface area contributed by atoms with Crippen molar-refractivity contribution in [2.45, 2.75) is 65.3 Å². The summed E-state index contributed by atoms with van der Waals surface area (Å²) < 4.78 is 12.0. The van der Waals surface area contributed by atoms with Crippen LogP contribution in [0, 0.1) is 5.92 Å². The number of ether oxygens (including phenoxy) is 2. The maximum absolute atomic E-state index is 12.5. The molecule has 0 saturated carbocycles. The van der Waals surface area contributed by atoms with Crippen molar-refractivity contribution in [3.05, 3.63) is 65.7 Å². The molecule has 0 N–H and O–H groups in total. The number of quaternary nitrogens is 1. The van der Waals surface area contributed by atoms with E-state index in [0.29, 0.717) is 6.54 Å². The second kappa shape index (κ2) is 13.9. The van der Waals surface area contributed by atoms with E-state index in [-0.39, 0.29) is 18.7 Å². The first kappa shape index (κ1) is 25.9. The van der Waals surface area contributed by atoms with Crippen molar-refractivity contribution in [1.82, 2.24) is 0 Å². The maximum atomic E-state index is 12.5. The van der Waals surface area contributed by atoms with Gasteiger partial charge < -0.3 is 14.0 Å². The highest BCUT2D eigenvalue weighted by Crippen LogP contribution is 2.21. The number of rotatable bonds is 15. The molecule has 1 unspecified atom stereocenters. The van der Waals surface area contributed by atoms with Crippen LogP contribution in [0.1, 0.15) is 63.5 Å². The van der Waals surface area contributed by atoms with E-state index in [4.69, 9.17) is 9.47 Å². The summed E-state index contributed by atoms with van der Waals surface area (Å²) in [5.74, 6) is 0.412. The van der Waals surface area contributed by atoms with Gasteiger partial charge in [-0.05, 0) is 31.4 Å². The van der Waals surface area contributed by atoms with E-state index in [1.165, 1.54) is 43.2 Å². The molecule has 0 aliphatic carbocycles. The Balaban J connectivity index is 1.75. The molecule has 4 nitrogen and oxygen atoms in total. The number of para-hydroxylation sites is 1. The van der Waals surface area contributed by atoms with Crippen molar-refractivity contribution >= 4 is 5.97 Å². The molecule has 2 aromatic carbocycles. The van der Waals surface area contributed by atoms with Crippen molar-refractivity contribution in [2.75, 3.05) is 27.4 Å². The summed E-state index contributed by atoms with van der Waals surface area (Å²) in [7, 11) is 4.29. The van der Waals surface area contributed by atoms with Gasteiger partial charge >= 0.3 is 5.97 Å². The van der Waals surface area contributed by atoms with Crippen LogP contribution >= 0.6 is 0 Å². The molecule has 0 aromatic heterocycles. The van der Waals surface area contributed by atoms with Crippen molar-refractivity contribution in [3.63, 3.8) is 0 Å². The maximum Gasteiger partial charge on any atom is 0.317 e. The molecule has 32 heavy (non-hydrogen) atoms. The van der Waals surface area contributed by atoms with Crippen molar-refractivity contribution in [1.29, 1.82) is 0 Å². The minimum atomic E-state index is -0.210. The van der Waals surface area contributed by atoms with Crippen LogP contribution in [-0.2, 0) is 22.5 Å². The highest BCUT2D eigenvalue weighted by molar-refractivity contribution is 5.72. The molecular weight excluding hydrogens is 398 g/mol. The lowest BCUT2D eigenvalue weighted by Crippen LogP contribution is -2.44. The Hall–Kier alpha value is -2.33. The third kappa shape index (κ3) is 9.86. The lowest BCUT2D eigenvalue weighted by atomic mass is 10.0. The van der Waals surface area contributed by atoms with Gasteiger partial charge in [-0.3, -0.25) is 4.79 Å². The van der Waals surface area contributed by atoms with Gasteiger partial charge in [-0.1, -0.05) is 87.6 Å². The zero-order chi connectivity index (χ0) is 23.2. The van der Waals surface area contributed by atoms with Crippen molar-refractivity contribution < 1.29 is 18.8 Å². The molecule has 0 aliphatic rings. The Morgan fingerprint density at radius 3 is 2.31 bits per heavy atom. The van der Waals surface area contributed by atoms with Crippen LogP contribution in [0.3, 0.4) is 0 Å². The van der Waals surface area contributed by atoms with E-state index in [9.17, 15) is 4.79 Å². The quantitative estimate of drug-likeness (QED) is 0.139. The molecule has 176 valence electrons. The molecule has 2 rings (SSSR count). The van der Waals surface area contributed by atoms with E-state index in [1.807, 2.05) is 31.2 Å². The van der Waals surface area contributed by atoms with Gasteiger partial charge in [0.2, 0.25) is 6.79 Å². The zero-order valence-electron chi connectivity index (χ0n) is 20.5. The summed E-state index contributed by atoms with van der Waals surface area (Å²) in [6.07, 6.45) is 8.63. The average Bonchev–Trinajstić information content (AvgIpc) is 2.77. The highest BCUT2D eigenvalue weighted by atomic mass is 16.7. The third-order valence-corrected chi connectivity index (χ3v) is 5.81. The van der Waals surface area contributed by atoms with E-state index in [0.717, 1.165) is 29.6 Å². The number of esters is 1. The van der Waals surface area contributed by atoms with Crippen LogP contribution in [0.25, 0.3) is 0 Å². The number of unbranched alkanes of at least 4 members (excludes halogenated alkanes) is 5. The standard InChI is InChI=1S/C28H42NO3/c1-5-6-7-8-9-13-18-26-19-14-15-20-27(26)31-23-32-28(30)24(2)21-29(3,4)22-25-16-11-10-12-17-25/h10-12,14-17,19-20,24H,5-9,13,18,21-23H2,1-4H3/q+1. The van der Waals surface area contributed by atoms with E-state index >= 15 is 0 Å². The van der Waals surface area contributed by atoms with Crippen LogP contribution in [0.5, 0.6) is 5.75 Å². The monoisotopic (exact) mass is 440 g/mol. The molecule has 4 heteroatoms. The normalized spacial score (nSPS) is 12.4. The van der Waals surface area contributed by atoms with E-state index < -0.39 is 0 Å². The van der Waals surface area contributed by atoms with Gasteiger partial charge in [0.25, 0.3) is 0 Å². The van der Waals surface area contributed by atoms with E-state index in [2.05, 4.69) is 51.4 Å². The summed E-state index contributed by atoms with van der Waals surface area (Å²) in [6, 6.07) is 18.4. The van der Waals surface area contributed by atoms with Gasteiger partial charge in [-0.15, -0.1) is 0 Å². The number of hydrogen-bond donors (Lipinski definition) is 0. The van der Waals surface area contributed by atoms with Crippen LogP contribution in [0.4, 0.5) is 0 Å². The molecule has 0 amide bonds. The summed E-state index contributed by atoms with van der Waals surface area (Å²) in [5, 5.41) is 0. The lowest BCUT2D eigenvalue weighted by Gasteiger charge is -2.31. The minimum absolute atomic E-state index is 0.0389. The van der Waals surface area contributed by atoms with Crippen molar-refractivity contribution in [2.24, 2.45) is 5.92 Å². The molecular formula is C28H42NO3+. The number of benzene rings is 2. The number of hydrogen-bond acceptors (Lipinski definition) is 3. The number of nitrogens with zero attached hydrogens (tertiary/aromatic N) is 1. The first-order valence-electron chi connectivity index (χ1n) is 12.1. The average molecular weight is 441 g/mol. The fourth-order valence-electron chi connectivity index (χ4n) is 4.20. The highest BCUT2D eigenvalue weighted by Gasteiger charge is 2.25. The molecule has 0 aliphatic heterocycles. The lowest BCUT2D eigenvalue weighted by molar-refractivity contribution is -0.905. The van der Waals surface area contributed by atoms with Crippen LogP contribution < -0.4 is 4.74 Å². The van der Waals surface area contributed by atoms with Gasteiger partial charge in [-0.25, -0.2) is 0 Å². The smallest absolute Gasteiger partial charge is 0.317 e. The Morgan fingerprint density at radius 1 is 0.906 bits per heavy atom. The zero-order valence-corrected chi connectivity index (χ0v) is 20.5. The largest absolute Gasteiger partial charge is 0.457 e. The fraction of sp³-hybridized carbons (Fsp3) is 0.536. The SMILES string of the molecule is CCCCCCCCc1ccccc1OCOC(=O)C(C)C[N+](C)(C)Cc1ccccc1. The Bertz CT molecular complexity index is 788. The summed E-state index contributed by atoms with van der Waals surface area (Å²) >= 11 is 0. The second-order valence-electron chi connectivity index (χ2n) is 9.51. The molecule has 0 saturated heterocycles. The van der Waals surface area contributed by atoms with Gasteiger partial charge in [0.15, 0.2) is 0 Å². The minimum Gasteiger partial charge on any atom is -0.457 e. The molecule has 2 aromatic rings. The van der Waals surface area contributed by atoms with Crippen LogP contribution in [0.15, 0.2) is 54.6 Å². The number of carbonyl (C=O) groups is 1. The molecule has 0 spiro atoms. The number of aryl methyl sites for hydroxylation is 1. The molecule has 0 bridgehead atoms. The van der Waals surface area contributed by atoms with Gasteiger partial charge in [-0.2, -0.15) is 0 Å². The summed E-state index contributed by atoms with van der Waals surface area (Å²) in [6.45, 7) is 5.72. The van der Waals surface area contributed by atoms with Crippen LogP contribution in [-0.4, -0.2) is 37.9 Å². The Labute approximate surface area is 195 Å². The fourth-order valence-corrected chi connectivity index (χ4v) is 4.20. The Kier molecular flexibility index (Phi) is 11.3. The molecule has 0 radical (unpaired) electrons. The van der Waals surface area contributed by atoms with Crippen LogP contribution in [0.2, 0.25) is 0 Å². The second-order valence-corrected chi connectivity index (χ2v) is 9.51. The van der Waals surface area contributed by atoms with E-state index in [1.54, 1.807) is 0 Å². The first-order chi connectivity index (χ1) is 15.4. The molecule has 0 fully saturated rings. The summed E-state index contributed by atoms with van der Waals surface area (Å²) in [4.78, 5) is 12.5. The summed E-state index contributed by atoms with van der Waals surface area (Å²) in [5.41, 5.74) is 2.45. The molecule has 0 heterocycles. The topological polar surface area (TPSA) is 35.5 Å². The predicted octanol–water partition coefficient (Wildman–Crippen LogP) is 6.38. The first-order valence-corrected chi connectivity index (χ1v) is 12.1. The predicted molar refractivity (Wildman–Crippen MR) is 131 cm³/mol. The number of carbonyl (C=O) groups excluding carboxylic acids is 1. The van der Waals surface area contributed by atoms with Crippen molar-refractivity contribution in [3.8, 4) is 5.75 Å². The Morgan fingerprint density at radius 2 is 1.56 bits per heavy atom.